The number of carboxylic acids is 1. The third-order valence-electron chi connectivity index (χ3n) is 10.5. The normalized spacial score (nSPS) is 18.9. The van der Waals surface area contributed by atoms with Crippen molar-refractivity contribution in [3.05, 3.63) is 177 Å². The van der Waals surface area contributed by atoms with Gasteiger partial charge in [0.2, 0.25) is 11.5 Å². The number of halogens is 3. The molecule has 0 radical (unpaired) electrons. The SMILES string of the molecule is Nc1nc(C(=NOC(c2ccccc2)(c2ccccc2)c2ccccc2)C(=O)N[C@@H]2C(=O)N3C(C(=O)O)=C(C=C4CCN(Cc5ccc(C(F)(F)F)cc5)C4=O)CS[C@H]23)cs1. The molecule has 0 bridgehead atoms. The maximum Gasteiger partial charge on any atom is 0.416 e. The minimum atomic E-state index is -4.49. The molecular weight excluding hydrogens is 830 g/mol. The van der Waals surface area contributed by atoms with Gasteiger partial charge in [0.25, 0.3) is 11.8 Å². The van der Waals surface area contributed by atoms with E-state index >= 15 is 0 Å². The maximum atomic E-state index is 14.3. The number of carboxylic acid groups (broad SMARTS) is 1. The van der Waals surface area contributed by atoms with Gasteiger partial charge in [0, 0.05) is 46.5 Å². The number of rotatable bonds is 12. The molecule has 4 N–H and O–H groups in total. The molecule has 4 heterocycles. The Labute approximate surface area is 355 Å². The molecule has 3 aliphatic rings. The average molecular weight is 865 g/mol. The summed E-state index contributed by atoms with van der Waals surface area (Å²) < 4.78 is 39.1. The summed E-state index contributed by atoms with van der Waals surface area (Å²) in [7, 11) is 0. The molecule has 310 valence electrons. The molecule has 2 saturated heterocycles. The van der Waals surface area contributed by atoms with E-state index in [0.29, 0.717) is 27.8 Å². The molecule has 17 heteroatoms. The average Bonchev–Trinajstić information content (AvgIpc) is 3.85. The van der Waals surface area contributed by atoms with Crippen LogP contribution in [0.25, 0.3) is 0 Å². The van der Waals surface area contributed by atoms with Crippen LogP contribution < -0.4 is 11.1 Å². The molecular formula is C44H35F3N6O6S2. The minimum Gasteiger partial charge on any atom is -0.477 e. The molecule has 12 nitrogen and oxygen atoms in total. The monoisotopic (exact) mass is 864 g/mol. The second-order valence-corrected chi connectivity index (χ2v) is 16.3. The summed E-state index contributed by atoms with van der Waals surface area (Å²) in [6.45, 7) is 0.340. The summed E-state index contributed by atoms with van der Waals surface area (Å²) in [5.74, 6) is -3.19. The lowest BCUT2D eigenvalue weighted by molar-refractivity contribution is -0.150. The van der Waals surface area contributed by atoms with E-state index in [9.17, 15) is 37.5 Å². The van der Waals surface area contributed by atoms with Gasteiger partial charge in [0.1, 0.15) is 22.8 Å². The topological polar surface area (TPSA) is 168 Å². The van der Waals surface area contributed by atoms with E-state index in [1.54, 1.807) is 0 Å². The molecule has 5 aromatic rings. The van der Waals surface area contributed by atoms with Crippen LogP contribution in [0.3, 0.4) is 0 Å². The van der Waals surface area contributed by atoms with Gasteiger partial charge >= 0.3 is 12.1 Å². The molecule has 0 spiro atoms. The lowest BCUT2D eigenvalue weighted by Gasteiger charge is -2.49. The van der Waals surface area contributed by atoms with Crippen LogP contribution in [0.1, 0.15) is 39.9 Å². The number of aliphatic carboxylic acids is 1. The predicted octanol–water partition coefficient (Wildman–Crippen LogP) is 6.55. The van der Waals surface area contributed by atoms with Crippen molar-refractivity contribution in [3.63, 3.8) is 0 Å². The lowest BCUT2D eigenvalue weighted by atomic mass is 9.80. The van der Waals surface area contributed by atoms with Crippen molar-refractivity contribution in [1.82, 2.24) is 20.1 Å². The van der Waals surface area contributed by atoms with Crippen molar-refractivity contribution in [2.45, 2.75) is 36.2 Å². The molecule has 8 rings (SSSR count). The number of benzene rings is 4. The van der Waals surface area contributed by atoms with Crippen LogP contribution in [0.5, 0.6) is 0 Å². The van der Waals surface area contributed by atoms with Crippen LogP contribution in [-0.2, 0) is 42.3 Å². The number of nitrogen functional groups attached to an aromatic ring is 1. The number of fused-ring (bicyclic) bond motifs is 1. The van der Waals surface area contributed by atoms with Crippen LogP contribution in [0.2, 0.25) is 0 Å². The number of thioether (sulfide) groups is 1. The number of allylic oxidation sites excluding steroid dienone is 1. The van der Waals surface area contributed by atoms with E-state index in [1.807, 2.05) is 91.0 Å². The van der Waals surface area contributed by atoms with Gasteiger partial charge in [-0.2, -0.15) is 13.2 Å². The molecule has 61 heavy (non-hydrogen) atoms. The number of anilines is 1. The Bertz CT molecular complexity index is 2490. The van der Waals surface area contributed by atoms with Gasteiger partial charge in [-0.1, -0.05) is 108 Å². The first-order valence-electron chi connectivity index (χ1n) is 18.9. The minimum absolute atomic E-state index is 0.0670. The molecule has 2 atom stereocenters. The predicted molar refractivity (Wildman–Crippen MR) is 223 cm³/mol. The Balaban J connectivity index is 1.05. The van der Waals surface area contributed by atoms with Gasteiger partial charge in [-0.15, -0.1) is 23.1 Å². The number of carbonyl (C=O) groups is 4. The number of aromatic nitrogens is 1. The zero-order chi connectivity index (χ0) is 42.9. The Morgan fingerprint density at radius 1 is 0.902 bits per heavy atom. The first-order chi connectivity index (χ1) is 29.3. The van der Waals surface area contributed by atoms with Crippen molar-refractivity contribution >= 4 is 57.6 Å². The van der Waals surface area contributed by atoms with Crippen LogP contribution in [-0.4, -0.2) is 73.0 Å². The summed E-state index contributed by atoms with van der Waals surface area (Å²) >= 11 is 2.29. The summed E-state index contributed by atoms with van der Waals surface area (Å²) in [6.07, 6.45) is -2.75. The Morgan fingerprint density at radius 2 is 1.49 bits per heavy atom. The molecule has 2 fully saturated rings. The van der Waals surface area contributed by atoms with Crippen molar-refractivity contribution in [1.29, 1.82) is 0 Å². The van der Waals surface area contributed by atoms with Gasteiger partial charge < -0.3 is 25.9 Å². The third kappa shape index (κ3) is 8.01. The number of nitrogens with zero attached hydrogens (tertiary/aromatic N) is 4. The second kappa shape index (κ2) is 16.7. The fraction of sp³-hybridized carbons (Fsp3) is 0.182. The highest BCUT2D eigenvalue weighted by Gasteiger charge is 2.54. The number of likely N-dealkylation sites (tertiary alicyclic amines) is 1. The number of hydrogen-bond acceptors (Lipinski definition) is 10. The number of nitrogens with one attached hydrogen (secondary N) is 1. The molecule has 3 aliphatic heterocycles. The molecule has 3 amide bonds. The van der Waals surface area contributed by atoms with Gasteiger partial charge in [-0.25, -0.2) is 9.78 Å². The van der Waals surface area contributed by atoms with Crippen molar-refractivity contribution < 1.29 is 42.3 Å². The van der Waals surface area contributed by atoms with Crippen LogP contribution in [0.4, 0.5) is 18.3 Å². The third-order valence-corrected chi connectivity index (χ3v) is 12.5. The Hall–Kier alpha value is -6.72. The highest BCUT2D eigenvalue weighted by molar-refractivity contribution is 8.00. The number of carbonyl (C=O) groups excluding carboxylic acids is 3. The Kier molecular flexibility index (Phi) is 11.3. The van der Waals surface area contributed by atoms with Gasteiger partial charge in [0.05, 0.1) is 5.56 Å². The zero-order valence-corrected chi connectivity index (χ0v) is 33.5. The van der Waals surface area contributed by atoms with Crippen LogP contribution in [0, 0.1) is 0 Å². The first kappa shape index (κ1) is 41.0. The van der Waals surface area contributed by atoms with E-state index in [-0.39, 0.29) is 53.1 Å². The fourth-order valence-electron chi connectivity index (χ4n) is 7.54. The highest BCUT2D eigenvalue weighted by Crippen LogP contribution is 2.43. The summed E-state index contributed by atoms with van der Waals surface area (Å²) in [6, 6.07) is 31.5. The smallest absolute Gasteiger partial charge is 0.416 e. The van der Waals surface area contributed by atoms with Crippen molar-refractivity contribution in [2.24, 2.45) is 5.16 Å². The second-order valence-electron chi connectivity index (χ2n) is 14.3. The number of hydrogen-bond donors (Lipinski definition) is 3. The van der Waals surface area contributed by atoms with Gasteiger partial charge in [0.15, 0.2) is 10.8 Å². The molecule has 1 aromatic heterocycles. The van der Waals surface area contributed by atoms with E-state index < -0.39 is 52.4 Å². The largest absolute Gasteiger partial charge is 0.477 e. The summed E-state index contributed by atoms with van der Waals surface area (Å²) in [5, 5.41) is 18.4. The van der Waals surface area contributed by atoms with E-state index in [2.05, 4.69) is 15.5 Å². The fourth-order valence-corrected chi connectivity index (χ4v) is 9.39. The zero-order valence-electron chi connectivity index (χ0n) is 31.9. The Morgan fingerprint density at radius 3 is 2.02 bits per heavy atom. The van der Waals surface area contributed by atoms with Gasteiger partial charge in [-0.3, -0.25) is 19.3 Å². The van der Waals surface area contributed by atoms with Gasteiger partial charge in [-0.05, 0) is 35.8 Å². The summed E-state index contributed by atoms with van der Waals surface area (Å²) in [5.41, 5.74) is 6.52. The standard InChI is InChI=1S/C44H35F3N6O6S2/c45-44(46,47)32-18-16-26(17-19-32)23-52-21-20-27(38(52)55)22-28-24-60-40-35(39(56)53(40)36(28)41(57)58)50-37(54)34(33-25-61-42(48)49-33)51-59-43(29-10-4-1-5-11-29,30-12-6-2-7-13-30)31-14-8-3-9-15-31/h1-19,22,25,35,40H,20-21,23-24H2,(H2,48,49)(H,50,54)(H,57,58)/t35-,40-/m1/s1. The van der Waals surface area contributed by atoms with E-state index in [4.69, 9.17) is 10.6 Å². The first-order valence-corrected chi connectivity index (χ1v) is 20.8. The highest BCUT2D eigenvalue weighted by atomic mass is 32.2. The lowest BCUT2D eigenvalue weighted by Crippen LogP contribution is -2.71. The van der Waals surface area contributed by atoms with Crippen LogP contribution in [0.15, 0.2) is 149 Å². The van der Waals surface area contributed by atoms with Crippen LogP contribution >= 0.6 is 23.1 Å². The summed E-state index contributed by atoms with van der Waals surface area (Å²) in [4.78, 5) is 67.6. The van der Waals surface area contributed by atoms with Crippen molar-refractivity contribution in [3.8, 4) is 0 Å². The quantitative estimate of drug-likeness (QED) is 0.0414. The number of oxime groups is 1. The molecule has 0 aliphatic carbocycles. The molecule has 4 aromatic carbocycles. The number of alkyl halides is 3. The number of thiazole rings is 1. The van der Waals surface area contributed by atoms with E-state index in [1.165, 1.54) is 40.3 Å². The van der Waals surface area contributed by atoms with E-state index in [0.717, 1.165) is 28.4 Å². The molecule has 0 unspecified atom stereocenters. The number of β-lactam (4-membered cyclic amide) rings is 1. The maximum absolute atomic E-state index is 14.3. The molecule has 0 saturated carbocycles. The number of amides is 3. The van der Waals surface area contributed by atoms with Crippen molar-refractivity contribution in [2.75, 3.05) is 18.0 Å². The number of nitrogens with two attached hydrogens (primary N) is 1.